The SMILES string of the molecule is CCNC(=O)Cc1ccc(Cc2cc(-c3c(F)cccc3Cl)nc3c2C(=O)N(Cc2ccc(OC)cc2OC)C3)nc1. The molecular weight excluding hydrogens is 559 g/mol. The van der Waals surface area contributed by atoms with Crippen LogP contribution in [0.25, 0.3) is 11.3 Å². The number of nitrogens with zero attached hydrogens (tertiary/aromatic N) is 3. The molecule has 0 saturated heterocycles. The molecule has 1 N–H and O–H groups in total. The molecule has 8 nitrogen and oxygen atoms in total. The number of benzene rings is 2. The van der Waals surface area contributed by atoms with Crippen molar-refractivity contribution >= 4 is 23.4 Å². The van der Waals surface area contributed by atoms with Gasteiger partial charge in [0, 0.05) is 36.5 Å². The second-order valence-corrected chi connectivity index (χ2v) is 10.3. The lowest BCUT2D eigenvalue weighted by Crippen LogP contribution is -2.24. The van der Waals surface area contributed by atoms with Crippen LogP contribution < -0.4 is 14.8 Å². The van der Waals surface area contributed by atoms with Crippen molar-refractivity contribution in [1.82, 2.24) is 20.2 Å². The van der Waals surface area contributed by atoms with Gasteiger partial charge in [-0.3, -0.25) is 14.6 Å². The fraction of sp³-hybridized carbons (Fsp3) is 0.250. The highest BCUT2D eigenvalue weighted by Gasteiger charge is 2.33. The molecule has 2 amide bonds. The number of rotatable bonds is 10. The van der Waals surface area contributed by atoms with Gasteiger partial charge in [-0.15, -0.1) is 0 Å². The molecule has 2 aromatic heterocycles. The number of carbonyl (C=O) groups excluding carboxylic acids is 2. The van der Waals surface area contributed by atoms with Crippen LogP contribution in [-0.4, -0.2) is 47.4 Å². The zero-order valence-corrected chi connectivity index (χ0v) is 24.3. The molecule has 10 heteroatoms. The number of likely N-dealkylation sites (N-methyl/N-ethyl adjacent to an activating group) is 1. The molecule has 1 aliphatic rings. The van der Waals surface area contributed by atoms with E-state index in [2.05, 4.69) is 10.3 Å². The molecule has 0 aliphatic carbocycles. The summed E-state index contributed by atoms with van der Waals surface area (Å²) in [5.74, 6) is 0.473. The van der Waals surface area contributed by atoms with Gasteiger partial charge in [0.15, 0.2) is 0 Å². The number of amides is 2. The molecule has 0 unspecified atom stereocenters. The first-order valence-corrected chi connectivity index (χ1v) is 13.9. The summed E-state index contributed by atoms with van der Waals surface area (Å²) in [5.41, 5.74) is 4.46. The van der Waals surface area contributed by atoms with Crippen LogP contribution >= 0.6 is 11.6 Å². The Bertz CT molecular complexity index is 1620. The number of ether oxygens (including phenoxy) is 2. The van der Waals surface area contributed by atoms with Crippen LogP contribution in [0.4, 0.5) is 4.39 Å². The maximum absolute atomic E-state index is 15.0. The summed E-state index contributed by atoms with van der Waals surface area (Å²) >= 11 is 6.41. The van der Waals surface area contributed by atoms with Crippen LogP contribution in [0.1, 0.15) is 45.4 Å². The summed E-state index contributed by atoms with van der Waals surface area (Å²) in [6.45, 7) is 2.94. The van der Waals surface area contributed by atoms with Gasteiger partial charge in [-0.2, -0.15) is 0 Å². The number of nitrogens with one attached hydrogen (secondary N) is 1. The van der Waals surface area contributed by atoms with E-state index in [9.17, 15) is 14.0 Å². The number of hydrogen-bond acceptors (Lipinski definition) is 6. The molecule has 1 aliphatic heterocycles. The van der Waals surface area contributed by atoms with Crippen LogP contribution in [0.15, 0.2) is 60.8 Å². The molecule has 3 heterocycles. The van der Waals surface area contributed by atoms with Gasteiger partial charge in [-0.25, -0.2) is 9.37 Å². The Labute approximate surface area is 248 Å². The van der Waals surface area contributed by atoms with E-state index in [0.717, 1.165) is 11.1 Å². The zero-order valence-electron chi connectivity index (χ0n) is 23.5. The molecule has 42 heavy (non-hydrogen) atoms. The van der Waals surface area contributed by atoms with Gasteiger partial charge >= 0.3 is 0 Å². The summed E-state index contributed by atoms with van der Waals surface area (Å²) in [4.78, 5) is 36.7. The van der Waals surface area contributed by atoms with E-state index in [1.165, 1.54) is 12.1 Å². The van der Waals surface area contributed by atoms with Crippen molar-refractivity contribution in [3.8, 4) is 22.8 Å². The van der Waals surface area contributed by atoms with Crippen molar-refractivity contribution in [2.24, 2.45) is 0 Å². The second kappa shape index (κ2) is 12.6. The number of methoxy groups -OCH3 is 2. The molecule has 4 aromatic rings. The Kier molecular flexibility index (Phi) is 8.68. The smallest absolute Gasteiger partial charge is 0.256 e. The summed E-state index contributed by atoms with van der Waals surface area (Å²) in [5, 5.41) is 3.00. The minimum atomic E-state index is -0.502. The molecule has 0 radical (unpaired) electrons. The van der Waals surface area contributed by atoms with Crippen LogP contribution in [0.2, 0.25) is 5.02 Å². The Morgan fingerprint density at radius 1 is 1.07 bits per heavy atom. The van der Waals surface area contributed by atoms with Crippen LogP contribution in [0.3, 0.4) is 0 Å². The van der Waals surface area contributed by atoms with E-state index < -0.39 is 5.82 Å². The number of halogens is 2. The van der Waals surface area contributed by atoms with Crippen molar-refractivity contribution in [3.63, 3.8) is 0 Å². The lowest BCUT2D eigenvalue weighted by molar-refractivity contribution is -0.120. The van der Waals surface area contributed by atoms with Gasteiger partial charge in [0.2, 0.25) is 5.91 Å². The number of pyridine rings is 2. The average Bonchev–Trinajstić information content (AvgIpc) is 3.29. The summed E-state index contributed by atoms with van der Waals surface area (Å²) in [7, 11) is 3.14. The molecular formula is C32H30ClFN4O4. The van der Waals surface area contributed by atoms with E-state index in [0.29, 0.717) is 52.7 Å². The lowest BCUT2D eigenvalue weighted by atomic mass is 9.98. The van der Waals surface area contributed by atoms with Crippen molar-refractivity contribution in [1.29, 1.82) is 0 Å². The van der Waals surface area contributed by atoms with Crippen LogP contribution in [0.5, 0.6) is 11.5 Å². The Balaban J connectivity index is 1.50. The van der Waals surface area contributed by atoms with Crippen LogP contribution in [-0.2, 0) is 30.7 Å². The topological polar surface area (TPSA) is 93.7 Å². The average molecular weight is 589 g/mol. The normalized spacial score (nSPS) is 12.3. The van der Waals surface area contributed by atoms with Crippen molar-refractivity contribution in [2.75, 3.05) is 20.8 Å². The highest BCUT2D eigenvalue weighted by Crippen LogP contribution is 2.36. The highest BCUT2D eigenvalue weighted by molar-refractivity contribution is 6.33. The van der Waals surface area contributed by atoms with Gasteiger partial charge in [-0.05, 0) is 54.4 Å². The van der Waals surface area contributed by atoms with E-state index >= 15 is 0 Å². The van der Waals surface area contributed by atoms with Crippen LogP contribution in [0, 0.1) is 5.82 Å². The van der Waals surface area contributed by atoms with E-state index in [1.54, 1.807) is 43.5 Å². The summed E-state index contributed by atoms with van der Waals surface area (Å²) in [6.07, 6.45) is 2.19. The predicted molar refractivity (Wildman–Crippen MR) is 157 cm³/mol. The molecule has 0 spiro atoms. The minimum absolute atomic E-state index is 0.0791. The standard InChI is InChI=1S/C32H30ClFN4O4/c1-4-35-29(39)12-19-8-10-22(36-16-19)13-21-14-26(31-24(33)6-5-7-25(31)34)37-27-18-38(32(40)30(21)27)17-20-9-11-23(41-2)15-28(20)42-3/h5-11,14-16H,4,12-13,17-18H2,1-3H3,(H,35,39). The van der Waals surface area contributed by atoms with E-state index in [4.69, 9.17) is 26.1 Å². The first-order valence-electron chi connectivity index (χ1n) is 13.5. The molecule has 5 rings (SSSR count). The van der Waals surface area contributed by atoms with Gasteiger partial charge in [0.25, 0.3) is 5.91 Å². The van der Waals surface area contributed by atoms with Gasteiger partial charge in [-0.1, -0.05) is 23.7 Å². The van der Waals surface area contributed by atoms with Gasteiger partial charge in [0.05, 0.1) is 61.3 Å². The molecule has 0 bridgehead atoms. The number of aromatic nitrogens is 2. The molecule has 0 atom stereocenters. The minimum Gasteiger partial charge on any atom is -0.497 e. The maximum Gasteiger partial charge on any atom is 0.256 e. The van der Waals surface area contributed by atoms with Crippen molar-refractivity contribution < 1.29 is 23.5 Å². The summed E-state index contributed by atoms with van der Waals surface area (Å²) < 4.78 is 25.8. The third-order valence-electron chi connectivity index (χ3n) is 7.09. The maximum atomic E-state index is 15.0. The van der Waals surface area contributed by atoms with Crippen molar-refractivity contribution in [2.45, 2.75) is 32.9 Å². The van der Waals surface area contributed by atoms with E-state index in [1.807, 2.05) is 31.2 Å². The Morgan fingerprint density at radius 2 is 1.90 bits per heavy atom. The number of hydrogen-bond donors (Lipinski definition) is 1. The van der Waals surface area contributed by atoms with Gasteiger partial charge in [0.1, 0.15) is 17.3 Å². The largest absolute Gasteiger partial charge is 0.497 e. The fourth-order valence-electron chi connectivity index (χ4n) is 5.07. The van der Waals surface area contributed by atoms with E-state index in [-0.39, 0.29) is 41.9 Å². The number of carbonyl (C=O) groups is 2. The monoisotopic (exact) mass is 588 g/mol. The zero-order chi connectivity index (χ0) is 29.8. The van der Waals surface area contributed by atoms with Gasteiger partial charge < -0.3 is 19.7 Å². The molecule has 216 valence electrons. The fourth-order valence-corrected chi connectivity index (χ4v) is 5.33. The predicted octanol–water partition coefficient (Wildman–Crippen LogP) is 5.38. The third kappa shape index (κ3) is 6.06. The Hall–Kier alpha value is -4.50. The Morgan fingerprint density at radius 3 is 2.60 bits per heavy atom. The second-order valence-electron chi connectivity index (χ2n) is 9.89. The number of fused-ring (bicyclic) bond motifs is 1. The van der Waals surface area contributed by atoms with Crippen molar-refractivity contribution in [3.05, 3.63) is 105 Å². The molecule has 0 fully saturated rings. The lowest BCUT2D eigenvalue weighted by Gasteiger charge is -2.18. The molecule has 0 saturated carbocycles. The summed E-state index contributed by atoms with van der Waals surface area (Å²) in [6, 6.07) is 15.3. The molecule has 2 aromatic carbocycles. The first-order chi connectivity index (χ1) is 20.3. The first kappa shape index (κ1) is 29.0. The quantitative estimate of drug-likeness (QED) is 0.267. The highest BCUT2D eigenvalue weighted by atomic mass is 35.5. The third-order valence-corrected chi connectivity index (χ3v) is 7.40.